The summed E-state index contributed by atoms with van der Waals surface area (Å²) in [7, 11) is 0. The maximum Gasteiger partial charge on any atom is 0.131 e. The third-order valence-corrected chi connectivity index (χ3v) is 2.33. The number of hydrogen-bond acceptors (Lipinski definition) is 3. The van der Waals surface area contributed by atoms with Gasteiger partial charge in [-0.05, 0) is 24.3 Å². The van der Waals surface area contributed by atoms with Crippen molar-refractivity contribution in [1.82, 2.24) is 0 Å². The van der Waals surface area contributed by atoms with Crippen molar-refractivity contribution in [2.45, 2.75) is 0 Å². The van der Waals surface area contributed by atoms with E-state index in [1.807, 2.05) is 54.6 Å². The van der Waals surface area contributed by atoms with Crippen molar-refractivity contribution in [1.29, 1.82) is 0 Å². The van der Waals surface area contributed by atoms with Crippen LogP contribution in [0.4, 0.5) is 0 Å². The lowest BCUT2D eigenvalue weighted by molar-refractivity contribution is 0.342. The number of rotatable bonds is 5. The quantitative estimate of drug-likeness (QED) is 0.809. The van der Waals surface area contributed by atoms with Gasteiger partial charge in [-0.25, -0.2) is 0 Å². The first-order valence-electron chi connectivity index (χ1n) is 5.45. The lowest BCUT2D eigenvalue weighted by Crippen LogP contribution is -1.97. The molecule has 17 heavy (non-hydrogen) atoms. The average molecular weight is 246 g/mol. The van der Waals surface area contributed by atoms with Gasteiger partial charge in [-0.3, -0.25) is 0 Å². The smallest absolute Gasteiger partial charge is 0.131 e. The minimum absolute atomic E-state index is 0.595. The lowest BCUT2D eigenvalue weighted by Gasteiger charge is -2.08. The first-order valence-corrected chi connectivity index (χ1v) is 6.08. The third kappa shape index (κ3) is 3.71. The van der Waals surface area contributed by atoms with Crippen LogP contribution in [0.3, 0.4) is 0 Å². The van der Waals surface area contributed by atoms with E-state index in [9.17, 15) is 0 Å². The topological polar surface area (TPSA) is 18.5 Å². The number of benzene rings is 2. The molecule has 0 radical (unpaired) electrons. The van der Waals surface area contributed by atoms with Gasteiger partial charge in [0.05, 0.1) is 6.61 Å². The lowest BCUT2D eigenvalue weighted by atomic mass is 10.3. The van der Waals surface area contributed by atoms with E-state index in [1.54, 1.807) is 0 Å². The molecule has 0 spiro atoms. The molecule has 2 aromatic carbocycles. The second-order valence-corrected chi connectivity index (χ2v) is 3.91. The Morgan fingerprint density at radius 3 is 2.29 bits per heavy atom. The average Bonchev–Trinajstić information content (AvgIpc) is 2.38. The summed E-state index contributed by atoms with van der Waals surface area (Å²) in [5, 5.41) is 0. The van der Waals surface area contributed by atoms with E-state index >= 15 is 0 Å². The molecule has 0 aliphatic rings. The van der Waals surface area contributed by atoms with Gasteiger partial charge >= 0.3 is 0 Å². The first-order chi connectivity index (χ1) is 8.38. The van der Waals surface area contributed by atoms with Crippen LogP contribution in [0.5, 0.6) is 17.2 Å². The molecule has 0 fully saturated rings. The van der Waals surface area contributed by atoms with Crippen LogP contribution in [-0.4, -0.2) is 12.4 Å². The molecular formula is C14H14O2S. The van der Waals surface area contributed by atoms with Crippen molar-refractivity contribution < 1.29 is 9.47 Å². The van der Waals surface area contributed by atoms with Gasteiger partial charge in [0.15, 0.2) is 0 Å². The minimum Gasteiger partial charge on any atom is -0.493 e. The highest BCUT2D eigenvalue weighted by molar-refractivity contribution is 7.80. The molecular weight excluding hydrogens is 232 g/mol. The van der Waals surface area contributed by atoms with Gasteiger partial charge in [0, 0.05) is 11.8 Å². The second-order valence-electron chi connectivity index (χ2n) is 3.46. The van der Waals surface area contributed by atoms with Gasteiger partial charge in [-0.15, -0.1) is 0 Å². The first kappa shape index (κ1) is 11.9. The van der Waals surface area contributed by atoms with Crippen molar-refractivity contribution in [3.05, 3.63) is 54.6 Å². The molecule has 2 rings (SSSR count). The summed E-state index contributed by atoms with van der Waals surface area (Å²) in [6.07, 6.45) is 0. The van der Waals surface area contributed by atoms with Gasteiger partial charge in [0.2, 0.25) is 0 Å². The maximum absolute atomic E-state index is 5.70. The van der Waals surface area contributed by atoms with Crippen molar-refractivity contribution in [2.24, 2.45) is 0 Å². The summed E-state index contributed by atoms with van der Waals surface area (Å²) < 4.78 is 11.2. The highest BCUT2D eigenvalue weighted by Gasteiger charge is 1.99. The van der Waals surface area contributed by atoms with Crippen LogP contribution in [0.15, 0.2) is 54.6 Å². The zero-order chi connectivity index (χ0) is 11.9. The Labute approximate surface area is 107 Å². The summed E-state index contributed by atoms with van der Waals surface area (Å²) in [5.41, 5.74) is 0. The SMILES string of the molecule is SCCOc1cccc(Oc2ccccc2)c1. The van der Waals surface area contributed by atoms with E-state index in [0.29, 0.717) is 12.4 Å². The van der Waals surface area contributed by atoms with E-state index in [-0.39, 0.29) is 0 Å². The van der Waals surface area contributed by atoms with Crippen molar-refractivity contribution in [2.75, 3.05) is 12.4 Å². The van der Waals surface area contributed by atoms with Gasteiger partial charge in [-0.1, -0.05) is 24.3 Å². The molecule has 2 aromatic rings. The molecule has 0 saturated carbocycles. The Balaban J connectivity index is 2.06. The molecule has 0 atom stereocenters. The van der Waals surface area contributed by atoms with Gasteiger partial charge < -0.3 is 9.47 Å². The number of hydrogen-bond donors (Lipinski definition) is 1. The monoisotopic (exact) mass is 246 g/mol. The molecule has 0 heterocycles. The fourth-order valence-corrected chi connectivity index (χ4v) is 1.51. The summed E-state index contributed by atoms with van der Waals surface area (Å²) in [5.74, 6) is 3.09. The predicted octanol–water partition coefficient (Wildman–Crippen LogP) is 3.79. The maximum atomic E-state index is 5.70. The summed E-state index contributed by atoms with van der Waals surface area (Å²) >= 11 is 4.10. The van der Waals surface area contributed by atoms with Crippen molar-refractivity contribution in [3.63, 3.8) is 0 Å². The largest absolute Gasteiger partial charge is 0.493 e. The molecule has 88 valence electrons. The highest BCUT2D eigenvalue weighted by atomic mass is 32.1. The predicted molar refractivity (Wildman–Crippen MR) is 72.3 cm³/mol. The van der Waals surface area contributed by atoms with Gasteiger partial charge in [0.25, 0.3) is 0 Å². The minimum atomic E-state index is 0.595. The molecule has 2 nitrogen and oxygen atoms in total. The summed E-state index contributed by atoms with van der Waals surface area (Å²) in [6.45, 7) is 0.595. The fraction of sp³-hybridized carbons (Fsp3) is 0.143. The number of ether oxygens (including phenoxy) is 2. The molecule has 0 bridgehead atoms. The molecule has 0 aromatic heterocycles. The Bertz CT molecular complexity index is 457. The van der Waals surface area contributed by atoms with Crippen LogP contribution in [0, 0.1) is 0 Å². The standard InChI is InChI=1S/C14H14O2S/c17-10-9-15-13-7-4-8-14(11-13)16-12-5-2-1-3-6-12/h1-8,11,17H,9-10H2. The van der Waals surface area contributed by atoms with Gasteiger partial charge in [-0.2, -0.15) is 12.6 Å². The Kier molecular flexibility index (Phi) is 4.33. The molecule has 0 aliphatic heterocycles. The summed E-state index contributed by atoms with van der Waals surface area (Å²) in [4.78, 5) is 0. The third-order valence-electron chi connectivity index (χ3n) is 2.14. The number of thiol groups is 1. The molecule has 0 aliphatic carbocycles. The Morgan fingerprint density at radius 1 is 0.824 bits per heavy atom. The molecule has 3 heteroatoms. The van der Waals surface area contributed by atoms with Gasteiger partial charge in [0.1, 0.15) is 17.2 Å². The van der Waals surface area contributed by atoms with Crippen LogP contribution in [0.1, 0.15) is 0 Å². The zero-order valence-corrected chi connectivity index (χ0v) is 10.3. The van der Waals surface area contributed by atoms with Crippen LogP contribution in [0.2, 0.25) is 0 Å². The Hall–Kier alpha value is -1.61. The van der Waals surface area contributed by atoms with Crippen LogP contribution in [-0.2, 0) is 0 Å². The van der Waals surface area contributed by atoms with E-state index in [2.05, 4.69) is 12.6 Å². The van der Waals surface area contributed by atoms with E-state index in [4.69, 9.17) is 9.47 Å². The molecule has 0 N–H and O–H groups in total. The molecule has 0 unspecified atom stereocenters. The van der Waals surface area contributed by atoms with Crippen molar-refractivity contribution >= 4 is 12.6 Å². The fourth-order valence-electron chi connectivity index (χ4n) is 1.42. The van der Waals surface area contributed by atoms with E-state index in [1.165, 1.54) is 0 Å². The highest BCUT2D eigenvalue weighted by Crippen LogP contribution is 2.24. The molecule has 0 amide bonds. The Morgan fingerprint density at radius 2 is 1.53 bits per heavy atom. The normalized spacial score (nSPS) is 9.94. The van der Waals surface area contributed by atoms with Crippen molar-refractivity contribution in [3.8, 4) is 17.2 Å². The zero-order valence-electron chi connectivity index (χ0n) is 9.37. The second kappa shape index (κ2) is 6.21. The number of para-hydroxylation sites is 1. The van der Waals surface area contributed by atoms with Crippen LogP contribution < -0.4 is 9.47 Å². The molecule has 0 saturated heterocycles. The van der Waals surface area contributed by atoms with E-state index < -0.39 is 0 Å². The van der Waals surface area contributed by atoms with Crippen LogP contribution >= 0.6 is 12.6 Å². The van der Waals surface area contributed by atoms with Crippen LogP contribution in [0.25, 0.3) is 0 Å². The van der Waals surface area contributed by atoms with E-state index in [0.717, 1.165) is 17.2 Å². The summed E-state index contributed by atoms with van der Waals surface area (Å²) in [6, 6.07) is 17.3.